The highest BCUT2D eigenvalue weighted by Crippen LogP contribution is 2.15. The maximum atomic E-state index is 13.0. The normalized spacial score (nSPS) is 10.3. The average molecular weight is 211 g/mol. The van der Waals surface area contributed by atoms with Gasteiger partial charge in [0.25, 0.3) is 0 Å². The van der Waals surface area contributed by atoms with E-state index in [2.05, 4.69) is 6.07 Å². The minimum absolute atomic E-state index is 0.282. The Morgan fingerprint density at radius 1 is 1.27 bits per heavy atom. The number of methoxy groups -OCH3 is 1. The van der Waals surface area contributed by atoms with Crippen molar-refractivity contribution in [1.29, 1.82) is 0 Å². The van der Waals surface area contributed by atoms with Gasteiger partial charge in [-0.2, -0.15) is 0 Å². The number of halogens is 1. The third-order valence-electron chi connectivity index (χ3n) is 2.02. The summed E-state index contributed by atoms with van der Waals surface area (Å²) in [6, 6.07) is 7.30. The van der Waals surface area contributed by atoms with Crippen molar-refractivity contribution in [2.45, 2.75) is 19.3 Å². The molecule has 0 atom stereocenters. The molecule has 0 aliphatic rings. The zero-order valence-corrected chi connectivity index (χ0v) is 8.96. The van der Waals surface area contributed by atoms with Gasteiger partial charge in [0.1, 0.15) is 0 Å². The molecule has 0 bridgehead atoms. The molecule has 1 radical (unpaired) electrons. The van der Waals surface area contributed by atoms with E-state index in [-0.39, 0.29) is 5.75 Å². The second-order valence-corrected chi connectivity index (χ2v) is 3.25. The average Bonchev–Trinajstić information content (AvgIpc) is 2.25. The molecule has 1 aromatic carbocycles. The van der Waals surface area contributed by atoms with Crippen LogP contribution in [0.1, 0.15) is 19.3 Å². The molecule has 15 heavy (non-hydrogen) atoms. The summed E-state index contributed by atoms with van der Waals surface area (Å²) in [6.45, 7) is 1.31. The number of benzene rings is 1. The Bertz CT molecular complexity index is 276. The fourth-order valence-electron chi connectivity index (χ4n) is 1.22. The SMILES string of the molecule is COCCCCCOc1ccc[c]c1F. The Kier molecular flexibility index (Phi) is 5.78. The van der Waals surface area contributed by atoms with Gasteiger partial charge >= 0.3 is 0 Å². The van der Waals surface area contributed by atoms with Gasteiger partial charge in [-0.05, 0) is 25.3 Å². The van der Waals surface area contributed by atoms with E-state index < -0.39 is 5.82 Å². The van der Waals surface area contributed by atoms with Crippen molar-refractivity contribution < 1.29 is 13.9 Å². The van der Waals surface area contributed by atoms with Crippen LogP contribution in [0.25, 0.3) is 0 Å². The first-order valence-corrected chi connectivity index (χ1v) is 5.12. The standard InChI is InChI=1S/C12H16FO2/c1-14-9-5-2-6-10-15-12-8-4-3-7-11(12)13/h3-4,8H,2,5-6,9-10H2,1H3. The van der Waals surface area contributed by atoms with Crippen LogP contribution in [0.3, 0.4) is 0 Å². The van der Waals surface area contributed by atoms with Crippen LogP contribution < -0.4 is 4.74 Å². The van der Waals surface area contributed by atoms with Crippen LogP contribution in [0.15, 0.2) is 18.2 Å². The molecular formula is C12H16FO2. The highest BCUT2D eigenvalue weighted by Gasteiger charge is 2.00. The molecule has 0 heterocycles. The fourth-order valence-corrected chi connectivity index (χ4v) is 1.22. The zero-order valence-electron chi connectivity index (χ0n) is 8.96. The number of unbranched alkanes of at least 4 members (excludes halogenated alkanes) is 2. The molecule has 3 heteroatoms. The molecule has 0 saturated heterocycles. The summed E-state index contributed by atoms with van der Waals surface area (Å²) in [5, 5.41) is 0. The number of hydrogen-bond acceptors (Lipinski definition) is 2. The minimum Gasteiger partial charge on any atom is -0.490 e. The second kappa shape index (κ2) is 7.23. The van der Waals surface area contributed by atoms with Gasteiger partial charge in [-0.15, -0.1) is 0 Å². The quantitative estimate of drug-likeness (QED) is 0.646. The largest absolute Gasteiger partial charge is 0.490 e. The Labute approximate surface area is 90.0 Å². The predicted molar refractivity (Wildman–Crippen MR) is 56.5 cm³/mol. The van der Waals surface area contributed by atoms with Crippen LogP contribution in [0, 0.1) is 11.9 Å². The lowest BCUT2D eigenvalue weighted by molar-refractivity contribution is 0.189. The van der Waals surface area contributed by atoms with Crippen LogP contribution in [-0.2, 0) is 4.74 Å². The molecular weight excluding hydrogens is 195 g/mol. The first kappa shape index (κ1) is 12.0. The maximum absolute atomic E-state index is 13.0. The Balaban J connectivity index is 2.12. The predicted octanol–water partition coefficient (Wildman–Crippen LogP) is 2.82. The van der Waals surface area contributed by atoms with Crippen molar-refractivity contribution in [2.24, 2.45) is 0 Å². The van der Waals surface area contributed by atoms with Crippen molar-refractivity contribution >= 4 is 0 Å². The van der Waals surface area contributed by atoms with Crippen LogP contribution in [0.5, 0.6) is 5.75 Å². The molecule has 0 aromatic heterocycles. The Morgan fingerprint density at radius 3 is 2.80 bits per heavy atom. The van der Waals surface area contributed by atoms with Gasteiger partial charge in [-0.25, -0.2) is 4.39 Å². The summed E-state index contributed by atoms with van der Waals surface area (Å²) >= 11 is 0. The van der Waals surface area contributed by atoms with Crippen molar-refractivity contribution in [1.82, 2.24) is 0 Å². The fraction of sp³-hybridized carbons (Fsp3) is 0.500. The minimum atomic E-state index is -0.422. The lowest BCUT2D eigenvalue weighted by Crippen LogP contribution is -2.00. The lowest BCUT2D eigenvalue weighted by atomic mass is 10.2. The molecule has 2 nitrogen and oxygen atoms in total. The zero-order chi connectivity index (χ0) is 10.9. The number of rotatable bonds is 7. The van der Waals surface area contributed by atoms with Crippen LogP contribution in [-0.4, -0.2) is 20.3 Å². The molecule has 0 unspecified atom stereocenters. The van der Waals surface area contributed by atoms with E-state index in [1.54, 1.807) is 19.2 Å². The van der Waals surface area contributed by atoms with Gasteiger partial charge < -0.3 is 9.47 Å². The topological polar surface area (TPSA) is 18.5 Å². The summed E-state index contributed by atoms with van der Waals surface area (Å²) in [7, 11) is 1.69. The monoisotopic (exact) mass is 211 g/mol. The first-order chi connectivity index (χ1) is 7.34. The van der Waals surface area contributed by atoms with E-state index in [0.29, 0.717) is 6.61 Å². The third kappa shape index (κ3) is 4.79. The van der Waals surface area contributed by atoms with Crippen molar-refractivity contribution in [3.63, 3.8) is 0 Å². The molecule has 0 aliphatic carbocycles. The Morgan fingerprint density at radius 2 is 2.07 bits per heavy atom. The molecule has 1 rings (SSSR count). The van der Waals surface area contributed by atoms with E-state index >= 15 is 0 Å². The molecule has 0 spiro atoms. The molecule has 0 aliphatic heterocycles. The summed E-state index contributed by atoms with van der Waals surface area (Å²) in [5.41, 5.74) is 0. The number of hydrogen-bond donors (Lipinski definition) is 0. The summed E-state index contributed by atoms with van der Waals surface area (Å²) in [6.07, 6.45) is 2.97. The van der Waals surface area contributed by atoms with E-state index in [9.17, 15) is 4.39 Å². The van der Waals surface area contributed by atoms with Gasteiger partial charge in [0.05, 0.1) is 6.61 Å². The summed E-state index contributed by atoms with van der Waals surface area (Å²) in [4.78, 5) is 0. The summed E-state index contributed by atoms with van der Waals surface area (Å²) in [5.74, 6) is -0.140. The van der Waals surface area contributed by atoms with Gasteiger partial charge in [-0.1, -0.05) is 12.1 Å². The lowest BCUT2D eigenvalue weighted by Gasteiger charge is -2.06. The molecule has 0 fully saturated rings. The molecule has 83 valence electrons. The van der Waals surface area contributed by atoms with Crippen LogP contribution in [0.4, 0.5) is 4.39 Å². The highest BCUT2D eigenvalue weighted by molar-refractivity contribution is 5.22. The van der Waals surface area contributed by atoms with Crippen molar-refractivity contribution in [3.05, 3.63) is 30.1 Å². The van der Waals surface area contributed by atoms with E-state index in [1.165, 1.54) is 6.07 Å². The first-order valence-electron chi connectivity index (χ1n) is 5.12. The van der Waals surface area contributed by atoms with Crippen LogP contribution >= 0.6 is 0 Å². The van der Waals surface area contributed by atoms with Gasteiger partial charge in [0.15, 0.2) is 11.6 Å². The molecule has 0 amide bonds. The maximum Gasteiger partial charge on any atom is 0.172 e. The second-order valence-electron chi connectivity index (χ2n) is 3.25. The van der Waals surface area contributed by atoms with Gasteiger partial charge in [-0.3, -0.25) is 0 Å². The molecule has 0 N–H and O–H groups in total. The highest BCUT2D eigenvalue weighted by atomic mass is 19.1. The van der Waals surface area contributed by atoms with E-state index in [0.717, 1.165) is 25.9 Å². The van der Waals surface area contributed by atoms with E-state index in [1.807, 2.05) is 0 Å². The van der Waals surface area contributed by atoms with Crippen molar-refractivity contribution in [3.8, 4) is 5.75 Å². The molecule has 1 aromatic rings. The summed E-state index contributed by atoms with van der Waals surface area (Å²) < 4.78 is 23.2. The van der Waals surface area contributed by atoms with Gasteiger partial charge in [0.2, 0.25) is 0 Å². The van der Waals surface area contributed by atoms with Crippen LogP contribution in [0.2, 0.25) is 0 Å². The smallest absolute Gasteiger partial charge is 0.172 e. The van der Waals surface area contributed by atoms with Crippen molar-refractivity contribution in [2.75, 3.05) is 20.3 Å². The van der Waals surface area contributed by atoms with Gasteiger partial charge in [0, 0.05) is 19.8 Å². The molecule has 0 saturated carbocycles. The number of ether oxygens (including phenoxy) is 2. The Hall–Kier alpha value is -1.09. The van der Waals surface area contributed by atoms with E-state index in [4.69, 9.17) is 9.47 Å². The third-order valence-corrected chi connectivity index (χ3v) is 2.02.